The lowest BCUT2D eigenvalue weighted by Crippen LogP contribution is -2.21. The minimum Gasteiger partial charge on any atom is -0.454 e. The zero-order valence-electron chi connectivity index (χ0n) is 17.3. The largest absolute Gasteiger partial charge is 0.454 e. The number of hydrogen-bond acceptors (Lipinski definition) is 6. The average molecular weight is 455 g/mol. The van der Waals surface area contributed by atoms with Crippen molar-refractivity contribution in [1.29, 1.82) is 0 Å². The van der Waals surface area contributed by atoms with Crippen LogP contribution in [0.15, 0.2) is 76.9 Å². The SMILES string of the molecule is O=C(Cn1c2ccccc2c(=O)c2ccccc21)Nc1nc(-c2ccc3c(c2)OCO3)cs1. The first-order valence-electron chi connectivity index (χ1n) is 10.3. The van der Waals surface area contributed by atoms with Gasteiger partial charge < -0.3 is 19.4 Å². The molecule has 3 heterocycles. The van der Waals surface area contributed by atoms with Crippen LogP contribution in [0.3, 0.4) is 0 Å². The zero-order valence-corrected chi connectivity index (χ0v) is 18.1. The summed E-state index contributed by atoms with van der Waals surface area (Å²) in [4.78, 5) is 30.4. The van der Waals surface area contributed by atoms with Gasteiger partial charge in [0.2, 0.25) is 12.7 Å². The van der Waals surface area contributed by atoms with Gasteiger partial charge in [0.15, 0.2) is 22.1 Å². The smallest absolute Gasteiger partial charge is 0.246 e. The van der Waals surface area contributed by atoms with Crippen molar-refractivity contribution in [2.45, 2.75) is 6.54 Å². The van der Waals surface area contributed by atoms with Crippen LogP contribution >= 0.6 is 11.3 Å². The first-order valence-corrected chi connectivity index (χ1v) is 11.2. The quantitative estimate of drug-likeness (QED) is 0.399. The number of fused-ring (bicyclic) bond motifs is 3. The van der Waals surface area contributed by atoms with Gasteiger partial charge in [-0.05, 0) is 42.5 Å². The number of amides is 1. The Morgan fingerprint density at radius 2 is 1.67 bits per heavy atom. The van der Waals surface area contributed by atoms with E-state index in [2.05, 4.69) is 10.3 Å². The molecular weight excluding hydrogens is 438 g/mol. The summed E-state index contributed by atoms with van der Waals surface area (Å²) in [5.41, 5.74) is 3.03. The number of para-hydroxylation sites is 2. The van der Waals surface area contributed by atoms with E-state index in [9.17, 15) is 9.59 Å². The van der Waals surface area contributed by atoms with E-state index in [1.807, 2.05) is 64.5 Å². The zero-order chi connectivity index (χ0) is 22.4. The van der Waals surface area contributed by atoms with E-state index in [1.54, 1.807) is 12.1 Å². The van der Waals surface area contributed by atoms with Gasteiger partial charge in [-0.2, -0.15) is 0 Å². The van der Waals surface area contributed by atoms with Gasteiger partial charge >= 0.3 is 0 Å². The molecule has 1 aliphatic rings. The molecule has 1 aliphatic heterocycles. The lowest BCUT2D eigenvalue weighted by atomic mass is 10.1. The molecule has 6 rings (SSSR count). The van der Waals surface area contributed by atoms with Crippen LogP contribution in [0.25, 0.3) is 33.1 Å². The Bertz CT molecular complexity index is 1540. The molecule has 0 atom stereocenters. The second-order valence-electron chi connectivity index (χ2n) is 7.60. The number of thiazole rings is 1. The van der Waals surface area contributed by atoms with Crippen LogP contribution < -0.4 is 20.2 Å². The summed E-state index contributed by atoms with van der Waals surface area (Å²) in [7, 11) is 0. The number of pyridine rings is 1. The Morgan fingerprint density at radius 1 is 0.970 bits per heavy atom. The normalized spacial score (nSPS) is 12.4. The maximum absolute atomic E-state index is 13.0. The number of carbonyl (C=O) groups is 1. The highest BCUT2D eigenvalue weighted by Crippen LogP contribution is 2.36. The van der Waals surface area contributed by atoms with Crippen LogP contribution in [0.1, 0.15) is 0 Å². The first kappa shape index (κ1) is 19.5. The van der Waals surface area contributed by atoms with E-state index in [0.29, 0.717) is 27.4 Å². The van der Waals surface area contributed by atoms with Crippen molar-refractivity contribution in [2.75, 3.05) is 12.1 Å². The van der Waals surface area contributed by atoms with E-state index < -0.39 is 0 Å². The number of rotatable bonds is 4. The number of ether oxygens (including phenoxy) is 2. The third-order valence-electron chi connectivity index (χ3n) is 5.60. The summed E-state index contributed by atoms with van der Waals surface area (Å²) in [6.45, 7) is 0.270. The lowest BCUT2D eigenvalue weighted by Gasteiger charge is -2.14. The van der Waals surface area contributed by atoms with E-state index in [1.165, 1.54) is 11.3 Å². The van der Waals surface area contributed by atoms with Gasteiger partial charge in [-0.1, -0.05) is 24.3 Å². The summed E-state index contributed by atoms with van der Waals surface area (Å²) in [6.07, 6.45) is 0. The summed E-state index contributed by atoms with van der Waals surface area (Å²) in [5.74, 6) is 1.17. The number of nitrogens with one attached hydrogen (secondary N) is 1. The Labute approximate surface area is 191 Å². The summed E-state index contributed by atoms with van der Waals surface area (Å²) >= 11 is 1.35. The molecule has 0 spiro atoms. The fraction of sp³-hybridized carbons (Fsp3) is 0.0800. The molecule has 0 unspecified atom stereocenters. The maximum atomic E-state index is 13.0. The van der Waals surface area contributed by atoms with Crippen molar-refractivity contribution >= 4 is 44.2 Å². The lowest BCUT2D eigenvalue weighted by molar-refractivity contribution is -0.116. The van der Waals surface area contributed by atoms with Gasteiger partial charge in [0, 0.05) is 21.7 Å². The van der Waals surface area contributed by atoms with Crippen LogP contribution in [-0.2, 0) is 11.3 Å². The van der Waals surface area contributed by atoms with Crippen LogP contribution in [0.2, 0.25) is 0 Å². The van der Waals surface area contributed by atoms with Gasteiger partial charge in [0.1, 0.15) is 6.54 Å². The van der Waals surface area contributed by atoms with E-state index in [4.69, 9.17) is 9.47 Å². The fourth-order valence-electron chi connectivity index (χ4n) is 4.07. The highest BCUT2D eigenvalue weighted by molar-refractivity contribution is 7.14. The predicted molar refractivity (Wildman–Crippen MR) is 128 cm³/mol. The van der Waals surface area contributed by atoms with Crippen LogP contribution in [0.5, 0.6) is 11.5 Å². The summed E-state index contributed by atoms with van der Waals surface area (Å²) in [5, 5.41) is 6.45. The van der Waals surface area contributed by atoms with Crippen LogP contribution in [0.4, 0.5) is 5.13 Å². The highest BCUT2D eigenvalue weighted by Gasteiger charge is 2.17. The number of nitrogens with zero attached hydrogens (tertiary/aromatic N) is 2. The molecule has 0 fully saturated rings. The van der Waals surface area contributed by atoms with Crippen molar-refractivity contribution in [1.82, 2.24) is 9.55 Å². The molecule has 1 amide bonds. The number of aromatic nitrogens is 2. The van der Waals surface area contributed by atoms with Crippen molar-refractivity contribution in [3.63, 3.8) is 0 Å². The van der Waals surface area contributed by atoms with Gasteiger partial charge in [0.25, 0.3) is 0 Å². The fourth-order valence-corrected chi connectivity index (χ4v) is 4.81. The molecule has 7 nitrogen and oxygen atoms in total. The second kappa shape index (κ2) is 7.75. The van der Waals surface area contributed by atoms with E-state index in [-0.39, 0.29) is 24.7 Å². The molecule has 33 heavy (non-hydrogen) atoms. The summed E-state index contributed by atoms with van der Waals surface area (Å²) < 4.78 is 12.7. The second-order valence-corrected chi connectivity index (χ2v) is 8.46. The van der Waals surface area contributed by atoms with E-state index in [0.717, 1.165) is 22.3 Å². The molecule has 0 radical (unpaired) electrons. The Balaban J connectivity index is 1.30. The predicted octanol–water partition coefficient (Wildman–Crippen LogP) is 4.65. The molecule has 3 aromatic carbocycles. The Morgan fingerprint density at radius 3 is 2.42 bits per heavy atom. The maximum Gasteiger partial charge on any atom is 0.246 e. The molecule has 0 bridgehead atoms. The molecule has 162 valence electrons. The minimum absolute atomic E-state index is 0.0360. The molecular formula is C25H17N3O4S. The van der Waals surface area contributed by atoms with Gasteiger partial charge in [0.05, 0.1) is 16.7 Å². The third-order valence-corrected chi connectivity index (χ3v) is 6.36. The first-order chi connectivity index (χ1) is 16.2. The average Bonchev–Trinajstić information content (AvgIpc) is 3.51. The molecule has 2 aromatic heterocycles. The summed E-state index contributed by atoms with van der Waals surface area (Å²) in [6, 6.07) is 20.3. The number of carbonyl (C=O) groups excluding carboxylic acids is 1. The molecule has 0 saturated carbocycles. The van der Waals surface area contributed by atoms with Crippen molar-refractivity contribution < 1.29 is 14.3 Å². The topological polar surface area (TPSA) is 82.5 Å². The van der Waals surface area contributed by atoms with Gasteiger partial charge in [-0.25, -0.2) is 4.98 Å². The molecule has 1 N–H and O–H groups in total. The number of benzene rings is 3. The molecule has 0 saturated heterocycles. The minimum atomic E-state index is -0.222. The molecule has 8 heteroatoms. The number of anilines is 1. The van der Waals surface area contributed by atoms with Crippen LogP contribution in [-0.4, -0.2) is 22.3 Å². The standard InChI is InChI=1S/C25H17N3O4S/c29-23(27-25-26-18(13-33-25)15-9-10-21-22(11-15)32-14-31-21)12-28-19-7-3-1-5-16(19)24(30)17-6-2-4-8-20(17)28/h1-11,13H,12,14H2,(H,26,27,29). The van der Waals surface area contributed by atoms with Crippen molar-refractivity contribution in [3.05, 3.63) is 82.3 Å². The van der Waals surface area contributed by atoms with Gasteiger partial charge in [-0.15, -0.1) is 11.3 Å². The monoisotopic (exact) mass is 455 g/mol. The third kappa shape index (κ3) is 3.41. The Kier molecular flexibility index (Phi) is 4.58. The van der Waals surface area contributed by atoms with Crippen molar-refractivity contribution in [2.24, 2.45) is 0 Å². The van der Waals surface area contributed by atoms with Crippen molar-refractivity contribution in [3.8, 4) is 22.8 Å². The Hall–Kier alpha value is -4.17. The van der Waals surface area contributed by atoms with Gasteiger partial charge in [-0.3, -0.25) is 9.59 Å². The molecule has 0 aliphatic carbocycles. The van der Waals surface area contributed by atoms with E-state index >= 15 is 0 Å². The highest BCUT2D eigenvalue weighted by atomic mass is 32.1. The van der Waals surface area contributed by atoms with Crippen LogP contribution in [0, 0.1) is 0 Å². The number of hydrogen-bond donors (Lipinski definition) is 1. The molecule has 5 aromatic rings.